The Kier molecular flexibility index (Phi) is 9.68. The van der Waals surface area contributed by atoms with Gasteiger partial charge >= 0.3 is 0 Å². The van der Waals surface area contributed by atoms with Crippen molar-refractivity contribution in [1.29, 1.82) is 0 Å². The van der Waals surface area contributed by atoms with E-state index in [1.165, 1.54) is 58.9 Å². The lowest BCUT2D eigenvalue weighted by Crippen LogP contribution is -2.49. The summed E-state index contributed by atoms with van der Waals surface area (Å²) in [5.74, 6) is 0. The third kappa shape index (κ3) is 6.93. The maximum atomic E-state index is 5.54. The van der Waals surface area contributed by atoms with Gasteiger partial charge in [0.2, 0.25) is 0 Å². The van der Waals surface area contributed by atoms with Gasteiger partial charge in [0.25, 0.3) is 0 Å². The van der Waals surface area contributed by atoms with E-state index in [-0.39, 0.29) is 0 Å². The smallest absolute Gasteiger partial charge is 0.0841 e. The second kappa shape index (κ2) is 13.4. The summed E-state index contributed by atoms with van der Waals surface area (Å²) in [6.45, 7) is 18.4. The lowest BCUT2D eigenvalue weighted by Gasteiger charge is -2.40. The standard InChI is InChI=1S/C31H45N5OS/c1-4-34(5-2)23-25-7-9-26(10-8-25)28-22-29(31-30(33-28)21-24(3)38-31)32-13-6-14-35-15-11-27(12-16-35)36-17-19-37-20-18-36/h7-10,21-22,27H,4-6,11-20,23H2,1-3H3,(H,32,33). The van der Waals surface area contributed by atoms with Crippen LogP contribution in [-0.4, -0.2) is 91.3 Å². The number of rotatable bonds is 11. The average Bonchev–Trinajstić information content (AvgIpc) is 3.35. The largest absolute Gasteiger partial charge is 0.384 e. The molecule has 1 N–H and O–H groups in total. The number of nitrogens with one attached hydrogen (secondary N) is 1. The zero-order chi connectivity index (χ0) is 26.3. The van der Waals surface area contributed by atoms with Crippen LogP contribution in [0.4, 0.5) is 5.69 Å². The van der Waals surface area contributed by atoms with Gasteiger partial charge in [0.1, 0.15) is 0 Å². The van der Waals surface area contributed by atoms with Gasteiger partial charge in [0.05, 0.1) is 34.8 Å². The molecule has 0 amide bonds. The number of morpholine rings is 1. The molecule has 3 aromatic rings. The van der Waals surface area contributed by atoms with Gasteiger partial charge in [0.15, 0.2) is 0 Å². The van der Waals surface area contributed by atoms with Crippen molar-refractivity contribution in [3.63, 3.8) is 0 Å². The zero-order valence-electron chi connectivity index (χ0n) is 23.5. The first kappa shape index (κ1) is 27.5. The number of ether oxygens (including phenoxy) is 1. The topological polar surface area (TPSA) is 43.9 Å². The van der Waals surface area contributed by atoms with Crippen LogP contribution in [0.5, 0.6) is 0 Å². The molecule has 0 unspecified atom stereocenters. The number of hydrogen-bond donors (Lipinski definition) is 1. The number of thiophene rings is 1. The molecule has 2 aromatic heterocycles. The lowest BCUT2D eigenvalue weighted by molar-refractivity contribution is 0.000914. The first-order chi connectivity index (χ1) is 18.6. The number of aromatic nitrogens is 1. The van der Waals surface area contributed by atoms with Gasteiger partial charge in [-0.05, 0) is 76.6 Å². The number of benzene rings is 1. The number of nitrogens with zero attached hydrogens (tertiary/aromatic N) is 4. The van der Waals surface area contributed by atoms with Crippen molar-refractivity contribution < 1.29 is 4.74 Å². The highest BCUT2D eigenvalue weighted by Crippen LogP contribution is 2.34. The maximum Gasteiger partial charge on any atom is 0.0841 e. The molecule has 2 fully saturated rings. The van der Waals surface area contributed by atoms with Gasteiger partial charge in [-0.2, -0.15) is 0 Å². The number of piperidine rings is 1. The van der Waals surface area contributed by atoms with Crippen molar-refractivity contribution in [2.45, 2.75) is 52.6 Å². The second-order valence-electron chi connectivity index (χ2n) is 10.8. The van der Waals surface area contributed by atoms with Crippen LogP contribution in [0.15, 0.2) is 36.4 Å². The Balaban J connectivity index is 1.17. The Morgan fingerprint density at radius 2 is 1.76 bits per heavy atom. The summed E-state index contributed by atoms with van der Waals surface area (Å²) in [5.41, 5.74) is 5.92. The minimum atomic E-state index is 0.755. The molecule has 38 heavy (non-hydrogen) atoms. The Morgan fingerprint density at radius 3 is 2.47 bits per heavy atom. The average molecular weight is 536 g/mol. The van der Waals surface area contributed by atoms with E-state index in [1.54, 1.807) is 0 Å². The Morgan fingerprint density at radius 1 is 1.03 bits per heavy atom. The van der Waals surface area contributed by atoms with Gasteiger partial charge in [0, 0.05) is 42.7 Å². The first-order valence-corrected chi connectivity index (χ1v) is 15.5. The SMILES string of the molecule is CCN(CC)Cc1ccc(-c2cc(NCCCN3CCC(N4CCOCC4)CC3)c3sc(C)cc3n2)cc1. The minimum absolute atomic E-state index is 0.755. The van der Waals surface area contributed by atoms with E-state index >= 15 is 0 Å². The van der Waals surface area contributed by atoms with E-state index in [4.69, 9.17) is 9.72 Å². The van der Waals surface area contributed by atoms with Crippen LogP contribution in [-0.2, 0) is 11.3 Å². The maximum absolute atomic E-state index is 5.54. The van der Waals surface area contributed by atoms with Crippen LogP contribution in [0.2, 0.25) is 0 Å². The van der Waals surface area contributed by atoms with E-state index in [0.29, 0.717) is 0 Å². The predicted octanol–water partition coefficient (Wildman–Crippen LogP) is 5.71. The van der Waals surface area contributed by atoms with E-state index in [2.05, 4.69) is 77.2 Å². The molecule has 0 aliphatic carbocycles. The first-order valence-electron chi connectivity index (χ1n) is 14.6. The van der Waals surface area contributed by atoms with Gasteiger partial charge in [-0.1, -0.05) is 38.1 Å². The summed E-state index contributed by atoms with van der Waals surface area (Å²) in [5, 5.41) is 3.78. The molecular weight excluding hydrogens is 490 g/mol. The number of fused-ring (bicyclic) bond motifs is 1. The molecular formula is C31H45N5OS. The number of hydrogen-bond acceptors (Lipinski definition) is 7. The molecule has 0 atom stereocenters. The number of likely N-dealkylation sites (tertiary alicyclic amines) is 1. The van der Waals surface area contributed by atoms with Gasteiger partial charge in [-0.15, -0.1) is 11.3 Å². The van der Waals surface area contributed by atoms with Crippen LogP contribution < -0.4 is 5.32 Å². The molecule has 206 valence electrons. The normalized spacial score (nSPS) is 18.0. The van der Waals surface area contributed by atoms with Crippen LogP contribution >= 0.6 is 11.3 Å². The van der Waals surface area contributed by atoms with Crippen molar-refractivity contribution in [3.05, 3.63) is 46.8 Å². The fourth-order valence-electron chi connectivity index (χ4n) is 5.88. The fourth-order valence-corrected chi connectivity index (χ4v) is 6.83. The molecule has 0 saturated carbocycles. The fraction of sp³-hybridized carbons (Fsp3) is 0.581. The lowest BCUT2D eigenvalue weighted by atomic mass is 10.0. The van der Waals surface area contributed by atoms with Crippen molar-refractivity contribution in [2.24, 2.45) is 0 Å². The molecule has 5 rings (SSSR count). The van der Waals surface area contributed by atoms with Crippen molar-refractivity contribution >= 4 is 27.2 Å². The van der Waals surface area contributed by atoms with Crippen molar-refractivity contribution in [1.82, 2.24) is 19.7 Å². The summed E-state index contributed by atoms with van der Waals surface area (Å²) < 4.78 is 6.81. The van der Waals surface area contributed by atoms with E-state index in [9.17, 15) is 0 Å². The van der Waals surface area contributed by atoms with Gasteiger partial charge in [-0.25, -0.2) is 4.98 Å². The molecule has 4 heterocycles. The van der Waals surface area contributed by atoms with Crippen molar-refractivity contribution in [2.75, 3.05) is 70.9 Å². The molecule has 7 heteroatoms. The Hall–Kier alpha value is -2.03. The monoisotopic (exact) mass is 535 g/mol. The van der Waals surface area contributed by atoms with E-state index in [1.807, 2.05) is 11.3 Å². The highest BCUT2D eigenvalue weighted by molar-refractivity contribution is 7.19. The Bertz CT molecular complexity index is 1150. The molecule has 2 aliphatic heterocycles. The summed E-state index contributed by atoms with van der Waals surface area (Å²) in [4.78, 5) is 14.1. The van der Waals surface area contributed by atoms with Crippen LogP contribution in [0.25, 0.3) is 21.5 Å². The second-order valence-corrected chi connectivity index (χ2v) is 12.0. The summed E-state index contributed by atoms with van der Waals surface area (Å²) in [6.07, 6.45) is 3.75. The zero-order valence-corrected chi connectivity index (χ0v) is 24.4. The molecule has 2 saturated heterocycles. The molecule has 6 nitrogen and oxygen atoms in total. The molecule has 1 aromatic carbocycles. The van der Waals surface area contributed by atoms with Gasteiger partial charge in [-0.3, -0.25) is 9.80 Å². The summed E-state index contributed by atoms with van der Waals surface area (Å²) >= 11 is 1.84. The molecule has 0 radical (unpaired) electrons. The Labute approximate surface area is 233 Å². The number of anilines is 1. The van der Waals surface area contributed by atoms with E-state index in [0.717, 1.165) is 76.2 Å². The van der Waals surface area contributed by atoms with Crippen molar-refractivity contribution in [3.8, 4) is 11.3 Å². The van der Waals surface area contributed by atoms with Crippen LogP contribution in [0.1, 0.15) is 43.6 Å². The third-order valence-corrected chi connectivity index (χ3v) is 9.31. The highest BCUT2D eigenvalue weighted by Gasteiger charge is 2.25. The minimum Gasteiger partial charge on any atom is -0.384 e. The summed E-state index contributed by atoms with van der Waals surface area (Å²) in [7, 11) is 0. The molecule has 0 bridgehead atoms. The molecule has 2 aliphatic rings. The summed E-state index contributed by atoms with van der Waals surface area (Å²) in [6, 6.07) is 14.2. The van der Waals surface area contributed by atoms with Gasteiger partial charge < -0.3 is 15.0 Å². The number of pyridine rings is 1. The van der Waals surface area contributed by atoms with Crippen LogP contribution in [0.3, 0.4) is 0 Å². The van der Waals surface area contributed by atoms with Crippen LogP contribution in [0, 0.1) is 6.92 Å². The number of aryl methyl sites for hydroxylation is 1. The predicted molar refractivity (Wildman–Crippen MR) is 161 cm³/mol. The molecule has 0 spiro atoms. The van der Waals surface area contributed by atoms with E-state index < -0.39 is 0 Å². The highest BCUT2D eigenvalue weighted by atomic mass is 32.1. The third-order valence-electron chi connectivity index (χ3n) is 8.24. The quantitative estimate of drug-likeness (QED) is 0.317.